The molecule has 1 heterocycles. The number of carbonyl (C=O) groups is 1. The summed E-state index contributed by atoms with van der Waals surface area (Å²) in [5.41, 5.74) is 1.04. The van der Waals surface area contributed by atoms with Crippen LogP contribution in [0.3, 0.4) is 0 Å². The molecule has 1 amide bonds. The Balaban J connectivity index is 1.52. The van der Waals surface area contributed by atoms with Crippen LogP contribution in [0.4, 0.5) is 0 Å². The zero-order valence-corrected chi connectivity index (χ0v) is 15.8. The molecule has 0 unspecified atom stereocenters. The number of aryl methyl sites for hydroxylation is 1. The predicted octanol–water partition coefficient (Wildman–Crippen LogP) is 2.80. The van der Waals surface area contributed by atoms with Crippen molar-refractivity contribution in [3.8, 4) is 0 Å². The summed E-state index contributed by atoms with van der Waals surface area (Å²) in [6.45, 7) is 3.69. The van der Waals surface area contributed by atoms with Crippen LogP contribution in [0.25, 0.3) is 0 Å². The number of rotatable bonds is 5. The third-order valence-electron chi connectivity index (χ3n) is 5.49. The average Bonchev–Trinajstić information content (AvgIpc) is 3.14. The van der Waals surface area contributed by atoms with Gasteiger partial charge < -0.3 is 4.90 Å². The molecule has 1 saturated heterocycles. The van der Waals surface area contributed by atoms with Crippen LogP contribution < -0.4 is 0 Å². The van der Waals surface area contributed by atoms with E-state index in [0.29, 0.717) is 43.4 Å². The normalized spacial score (nSPS) is 20.1. The monoisotopic (exact) mass is 364 g/mol. The van der Waals surface area contributed by atoms with E-state index < -0.39 is 10.0 Å². The van der Waals surface area contributed by atoms with Gasteiger partial charge in [-0.25, -0.2) is 8.42 Å². The minimum atomic E-state index is -3.46. The number of amides is 1. The molecule has 6 heteroatoms. The van der Waals surface area contributed by atoms with Crippen molar-refractivity contribution in [1.82, 2.24) is 9.21 Å². The summed E-state index contributed by atoms with van der Waals surface area (Å²) >= 11 is 0. The van der Waals surface area contributed by atoms with E-state index in [1.165, 1.54) is 30.0 Å². The van der Waals surface area contributed by atoms with Crippen molar-refractivity contribution in [3.05, 3.63) is 29.8 Å². The third kappa shape index (κ3) is 4.42. The highest BCUT2D eigenvalue weighted by Crippen LogP contribution is 2.29. The molecule has 1 saturated carbocycles. The van der Waals surface area contributed by atoms with Crippen molar-refractivity contribution in [3.63, 3.8) is 0 Å². The summed E-state index contributed by atoms with van der Waals surface area (Å²) < 4.78 is 26.9. The molecule has 1 aromatic carbocycles. The summed E-state index contributed by atoms with van der Waals surface area (Å²) in [4.78, 5) is 14.5. The highest BCUT2D eigenvalue weighted by atomic mass is 32.2. The molecule has 1 aromatic rings. The molecule has 2 fully saturated rings. The zero-order valence-electron chi connectivity index (χ0n) is 15.0. The number of hydrogen-bond acceptors (Lipinski definition) is 3. The largest absolute Gasteiger partial charge is 0.340 e. The molecule has 5 nitrogen and oxygen atoms in total. The van der Waals surface area contributed by atoms with Crippen LogP contribution in [0, 0.1) is 12.8 Å². The van der Waals surface area contributed by atoms with Gasteiger partial charge in [-0.05, 0) is 31.4 Å². The van der Waals surface area contributed by atoms with Crippen LogP contribution >= 0.6 is 0 Å². The maximum atomic E-state index is 12.7. The van der Waals surface area contributed by atoms with Crippen molar-refractivity contribution in [1.29, 1.82) is 0 Å². The van der Waals surface area contributed by atoms with Gasteiger partial charge in [0.05, 0.1) is 4.90 Å². The van der Waals surface area contributed by atoms with Crippen molar-refractivity contribution in [2.24, 2.45) is 5.92 Å². The Labute approximate surface area is 151 Å². The van der Waals surface area contributed by atoms with E-state index >= 15 is 0 Å². The van der Waals surface area contributed by atoms with Crippen LogP contribution in [0.2, 0.25) is 0 Å². The van der Waals surface area contributed by atoms with Crippen molar-refractivity contribution in [2.45, 2.75) is 50.3 Å². The first-order valence-electron chi connectivity index (χ1n) is 9.31. The SMILES string of the molecule is Cc1ccc(S(=O)(=O)N2CCN(C(=O)CCC3CCCC3)CC2)cc1. The molecular formula is C19H28N2O3S. The second-order valence-electron chi connectivity index (χ2n) is 7.29. The maximum absolute atomic E-state index is 12.7. The quantitative estimate of drug-likeness (QED) is 0.807. The third-order valence-corrected chi connectivity index (χ3v) is 7.40. The van der Waals surface area contributed by atoms with Gasteiger partial charge in [0.15, 0.2) is 0 Å². The van der Waals surface area contributed by atoms with Crippen LogP contribution in [-0.4, -0.2) is 49.7 Å². The van der Waals surface area contributed by atoms with Gasteiger partial charge in [-0.1, -0.05) is 43.4 Å². The second-order valence-corrected chi connectivity index (χ2v) is 9.23. The molecule has 0 atom stereocenters. The number of benzene rings is 1. The molecule has 0 radical (unpaired) electrons. The second kappa shape index (κ2) is 7.87. The molecule has 0 bridgehead atoms. The van der Waals surface area contributed by atoms with Gasteiger partial charge >= 0.3 is 0 Å². The molecule has 1 aliphatic heterocycles. The van der Waals surface area contributed by atoms with E-state index in [1.54, 1.807) is 12.1 Å². The molecule has 3 rings (SSSR count). The van der Waals surface area contributed by atoms with Gasteiger partial charge in [0, 0.05) is 32.6 Å². The van der Waals surface area contributed by atoms with Gasteiger partial charge in [-0.2, -0.15) is 4.31 Å². The lowest BCUT2D eigenvalue weighted by molar-refractivity contribution is -0.132. The maximum Gasteiger partial charge on any atom is 0.243 e. The summed E-state index contributed by atoms with van der Waals surface area (Å²) in [6, 6.07) is 6.94. The number of piperazine rings is 1. The standard InChI is InChI=1S/C19H28N2O3S/c1-16-6-9-18(10-7-16)25(23,24)21-14-12-20(13-15-21)19(22)11-8-17-4-2-3-5-17/h6-7,9-10,17H,2-5,8,11-15H2,1H3. The molecule has 0 aromatic heterocycles. The van der Waals surface area contributed by atoms with E-state index in [0.717, 1.165) is 12.0 Å². The molecule has 0 spiro atoms. The topological polar surface area (TPSA) is 57.7 Å². The van der Waals surface area contributed by atoms with Crippen molar-refractivity contribution < 1.29 is 13.2 Å². The average molecular weight is 365 g/mol. The molecule has 0 N–H and O–H groups in total. The Hall–Kier alpha value is -1.40. The van der Waals surface area contributed by atoms with Crippen molar-refractivity contribution in [2.75, 3.05) is 26.2 Å². The first kappa shape index (κ1) is 18.4. The number of carbonyl (C=O) groups excluding carboxylic acids is 1. The summed E-state index contributed by atoms with van der Waals surface area (Å²) in [5, 5.41) is 0. The fraction of sp³-hybridized carbons (Fsp3) is 0.632. The van der Waals surface area contributed by atoms with E-state index in [1.807, 2.05) is 24.0 Å². The Morgan fingerprint density at radius 2 is 1.64 bits per heavy atom. The fourth-order valence-corrected chi connectivity index (χ4v) is 5.24. The fourth-order valence-electron chi connectivity index (χ4n) is 3.82. The molecule has 2 aliphatic rings. The lowest BCUT2D eigenvalue weighted by atomic mass is 10.0. The van der Waals surface area contributed by atoms with E-state index in [-0.39, 0.29) is 5.91 Å². The van der Waals surface area contributed by atoms with Gasteiger partial charge in [-0.3, -0.25) is 4.79 Å². The van der Waals surface area contributed by atoms with Gasteiger partial charge in [-0.15, -0.1) is 0 Å². The van der Waals surface area contributed by atoms with E-state index in [4.69, 9.17) is 0 Å². The zero-order chi connectivity index (χ0) is 17.9. The number of hydrogen-bond donors (Lipinski definition) is 0. The smallest absolute Gasteiger partial charge is 0.243 e. The summed E-state index contributed by atoms with van der Waals surface area (Å²) in [7, 11) is -3.46. The van der Waals surface area contributed by atoms with Crippen LogP contribution in [-0.2, 0) is 14.8 Å². The lowest BCUT2D eigenvalue weighted by Gasteiger charge is -2.34. The highest BCUT2D eigenvalue weighted by molar-refractivity contribution is 7.89. The Morgan fingerprint density at radius 1 is 1.04 bits per heavy atom. The van der Waals surface area contributed by atoms with Crippen molar-refractivity contribution >= 4 is 15.9 Å². The lowest BCUT2D eigenvalue weighted by Crippen LogP contribution is -2.50. The van der Waals surface area contributed by atoms with Crippen LogP contribution in [0.1, 0.15) is 44.1 Å². The first-order chi connectivity index (χ1) is 12.0. The molecular weight excluding hydrogens is 336 g/mol. The Kier molecular flexibility index (Phi) is 5.79. The first-order valence-corrected chi connectivity index (χ1v) is 10.8. The number of sulfonamides is 1. The Morgan fingerprint density at radius 3 is 2.24 bits per heavy atom. The predicted molar refractivity (Wildman–Crippen MR) is 97.7 cm³/mol. The van der Waals surface area contributed by atoms with Gasteiger partial charge in [0.25, 0.3) is 0 Å². The summed E-state index contributed by atoms with van der Waals surface area (Å²) in [5.74, 6) is 0.895. The Bertz CT molecular complexity index is 686. The van der Waals surface area contributed by atoms with E-state index in [9.17, 15) is 13.2 Å². The van der Waals surface area contributed by atoms with E-state index in [2.05, 4.69) is 0 Å². The molecule has 138 valence electrons. The van der Waals surface area contributed by atoms with Crippen LogP contribution in [0.15, 0.2) is 29.2 Å². The molecule has 25 heavy (non-hydrogen) atoms. The highest BCUT2D eigenvalue weighted by Gasteiger charge is 2.30. The van der Waals surface area contributed by atoms with Crippen LogP contribution in [0.5, 0.6) is 0 Å². The minimum Gasteiger partial charge on any atom is -0.340 e. The summed E-state index contributed by atoms with van der Waals surface area (Å²) in [6.07, 6.45) is 6.71. The van der Waals surface area contributed by atoms with Gasteiger partial charge in [0.2, 0.25) is 15.9 Å². The molecule has 1 aliphatic carbocycles. The van der Waals surface area contributed by atoms with Gasteiger partial charge in [0.1, 0.15) is 0 Å². The number of nitrogens with zero attached hydrogens (tertiary/aromatic N) is 2. The minimum absolute atomic E-state index is 0.180.